The van der Waals surface area contributed by atoms with Gasteiger partial charge in [0.15, 0.2) is 0 Å². The minimum absolute atomic E-state index is 1.28. The second-order valence-corrected chi connectivity index (χ2v) is 17.9. The van der Waals surface area contributed by atoms with Gasteiger partial charge < -0.3 is 0 Å². The van der Waals surface area contributed by atoms with Crippen molar-refractivity contribution in [2.24, 2.45) is 0 Å². The second kappa shape index (κ2) is 11.0. The lowest BCUT2D eigenvalue weighted by Gasteiger charge is -2.16. The van der Waals surface area contributed by atoms with Crippen molar-refractivity contribution in [2.45, 2.75) is 20.8 Å². The molecule has 0 saturated heterocycles. The van der Waals surface area contributed by atoms with E-state index in [2.05, 4.69) is 185 Å². The standard InChI is InChI=1S/C61H36/c1-31-11-4-6-14-35(31)34-19-20-37-40-21-22-41-43-24-26-46-50-30-51-53(36-15-7-5-12-32(36)2)38-16-8-9-17-39(38)59-52-33(3)13-10-18-47(52)60(61(51)59)58(50)48-28-27-44(56(43)57(46)48)42-23-25-45(49(37)29-34)54(40)55(41)42/h4-30H,1-3H3. The van der Waals surface area contributed by atoms with Gasteiger partial charge in [-0.1, -0.05) is 152 Å². The minimum atomic E-state index is 1.28. The lowest BCUT2D eigenvalue weighted by atomic mass is 9.87. The maximum atomic E-state index is 2.57. The van der Waals surface area contributed by atoms with E-state index in [1.54, 1.807) is 0 Å². The first kappa shape index (κ1) is 32.3. The molecule has 61 heavy (non-hydrogen) atoms. The molecule has 0 aromatic heterocycles. The molecule has 0 N–H and O–H groups in total. The zero-order valence-corrected chi connectivity index (χ0v) is 34.1. The van der Waals surface area contributed by atoms with E-state index in [4.69, 9.17) is 0 Å². The molecule has 0 heteroatoms. The van der Waals surface area contributed by atoms with Crippen molar-refractivity contribution < 1.29 is 0 Å². The van der Waals surface area contributed by atoms with Gasteiger partial charge in [-0.2, -0.15) is 0 Å². The van der Waals surface area contributed by atoms with Crippen LogP contribution in [0.5, 0.6) is 0 Å². The highest BCUT2D eigenvalue weighted by molar-refractivity contribution is 6.51. The summed E-state index contributed by atoms with van der Waals surface area (Å²) in [6.45, 7) is 6.78. The molecular formula is C61H36. The van der Waals surface area contributed by atoms with E-state index in [-0.39, 0.29) is 0 Å². The minimum Gasteiger partial charge on any atom is -0.0620 e. The topological polar surface area (TPSA) is 0 Å². The van der Waals surface area contributed by atoms with Crippen molar-refractivity contribution >= 4 is 108 Å². The Balaban J connectivity index is 1.10. The quantitative estimate of drug-likeness (QED) is 0.121. The molecule has 1 aliphatic carbocycles. The Bertz CT molecular complexity index is 4270. The van der Waals surface area contributed by atoms with Gasteiger partial charge >= 0.3 is 0 Å². The highest BCUT2D eigenvalue weighted by Crippen LogP contribution is 2.57. The Hall–Kier alpha value is -7.54. The highest BCUT2D eigenvalue weighted by Gasteiger charge is 2.29. The highest BCUT2D eigenvalue weighted by atomic mass is 14.3. The maximum Gasteiger partial charge on any atom is -0.000687 e. The molecule has 14 aromatic carbocycles. The fourth-order valence-electron chi connectivity index (χ4n) is 12.5. The molecule has 0 bridgehead atoms. The molecule has 1 aliphatic rings. The molecule has 0 saturated carbocycles. The summed E-state index contributed by atoms with van der Waals surface area (Å²) >= 11 is 0. The molecule has 0 aliphatic heterocycles. The van der Waals surface area contributed by atoms with E-state index >= 15 is 0 Å². The Morgan fingerprint density at radius 1 is 0.213 bits per heavy atom. The Morgan fingerprint density at radius 2 is 0.672 bits per heavy atom. The lowest BCUT2D eigenvalue weighted by Crippen LogP contribution is -1.89. The van der Waals surface area contributed by atoms with Crippen LogP contribution in [0.4, 0.5) is 0 Å². The molecule has 0 fully saturated rings. The fraction of sp³-hybridized carbons (Fsp3) is 0.0492. The zero-order valence-electron chi connectivity index (χ0n) is 34.1. The van der Waals surface area contributed by atoms with Gasteiger partial charge in [-0.3, -0.25) is 0 Å². The van der Waals surface area contributed by atoms with Crippen LogP contribution in [-0.2, 0) is 0 Å². The predicted molar refractivity (Wildman–Crippen MR) is 265 cm³/mol. The van der Waals surface area contributed by atoms with Gasteiger partial charge in [0.2, 0.25) is 0 Å². The number of hydrogen-bond donors (Lipinski definition) is 0. The van der Waals surface area contributed by atoms with Gasteiger partial charge in [0.1, 0.15) is 0 Å². The SMILES string of the molecule is Cc1ccccc1-c1ccc2c(c1)-c1ccc3c4ccc5c6c(ccc(c7ccc-2c1c73)c46)c1cc2c(-c3ccccc3C)c3ccccc3c3c4c(C)cccc4c(c15)c23. The summed E-state index contributed by atoms with van der Waals surface area (Å²) < 4.78 is 0. The Labute approximate surface area is 351 Å². The second-order valence-electron chi connectivity index (χ2n) is 17.9. The summed E-state index contributed by atoms with van der Waals surface area (Å²) in [7, 11) is 0. The average Bonchev–Trinajstić information content (AvgIpc) is 3.93. The van der Waals surface area contributed by atoms with E-state index in [1.165, 1.54) is 169 Å². The Morgan fingerprint density at radius 3 is 1.41 bits per heavy atom. The van der Waals surface area contributed by atoms with E-state index in [0.717, 1.165) is 0 Å². The smallest absolute Gasteiger partial charge is 0.000687 e. The summed E-state index contributed by atoms with van der Waals surface area (Å²) in [5.41, 5.74) is 14.6. The molecule has 0 amide bonds. The third-order valence-electron chi connectivity index (χ3n) is 15.0. The molecule has 280 valence electrons. The predicted octanol–water partition coefficient (Wildman–Crippen LogP) is 17.4. The van der Waals surface area contributed by atoms with Gasteiger partial charge in [-0.15, -0.1) is 0 Å². The molecule has 15 rings (SSSR count). The molecule has 0 unspecified atom stereocenters. The van der Waals surface area contributed by atoms with E-state index in [1.807, 2.05) is 0 Å². The van der Waals surface area contributed by atoms with Gasteiger partial charge in [0.05, 0.1) is 0 Å². The fourth-order valence-corrected chi connectivity index (χ4v) is 12.5. The van der Waals surface area contributed by atoms with Crippen LogP contribution in [0.1, 0.15) is 16.7 Å². The van der Waals surface area contributed by atoms with Crippen molar-refractivity contribution in [1.29, 1.82) is 0 Å². The van der Waals surface area contributed by atoms with Crippen LogP contribution in [0, 0.1) is 20.8 Å². The first-order chi connectivity index (χ1) is 30.0. The van der Waals surface area contributed by atoms with Crippen LogP contribution in [0.3, 0.4) is 0 Å². The monoisotopic (exact) mass is 768 g/mol. The van der Waals surface area contributed by atoms with Gasteiger partial charge in [0, 0.05) is 0 Å². The van der Waals surface area contributed by atoms with Crippen LogP contribution >= 0.6 is 0 Å². The third-order valence-corrected chi connectivity index (χ3v) is 15.0. The average molecular weight is 769 g/mol. The molecule has 0 heterocycles. The largest absolute Gasteiger partial charge is 0.0620 e. The maximum absolute atomic E-state index is 2.57. The number of aryl methyl sites for hydroxylation is 3. The van der Waals surface area contributed by atoms with Crippen molar-refractivity contribution in [3.8, 4) is 44.5 Å². The van der Waals surface area contributed by atoms with Crippen LogP contribution in [0.15, 0.2) is 164 Å². The molecule has 14 aromatic rings. The molecule has 0 radical (unpaired) electrons. The third kappa shape index (κ3) is 3.76. The van der Waals surface area contributed by atoms with Gasteiger partial charge in [0.25, 0.3) is 0 Å². The molecule has 0 atom stereocenters. The number of benzene rings is 12. The van der Waals surface area contributed by atoms with Crippen LogP contribution in [0.25, 0.3) is 152 Å². The first-order valence-electron chi connectivity index (χ1n) is 21.7. The summed E-state index contributed by atoms with van der Waals surface area (Å²) in [6, 6.07) is 63.0. The zero-order chi connectivity index (χ0) is 40.0. The van der Waals surface area contributed by atoms with Crippen molar-refractivity contribution in [3.63, 3.8) is 0 Å². The summed E-state index contributed by atoms with van der Waals surface area (Å²) in [5.74, 6) is 0. The van der Waals surface area contributed by atoms with E-state index in [0.29, 0.717) is 0 Å². The molecule has 0 spiro atoms. The Kier molecular flexibility index (Phi) is 5.82. The van der Waals surface area contributed by atoms with Crippen molar-refractivity contribution in [3.05, 3.63) is 180 Å². The van der Waals surface area contributed by atoms with E-state index < -0.39 is 0 Å². The molecule has 0 nitrogen and oxygen atoms in total. The van der Waals surface area contributed by atoms with Gasteiger partial charge in [-0.05, 0) is 202 Å². The number of hydrogen-bond acceptors (Lipinski definition) is 0. The van der Waals surface area contributed by atoms with Crippen molar-refractivity contribution in [2.75, 3.05) is 0 Å². The molecular weight excluding hydrogens is 733 g/mol. The number of rotatable bonds is 2. The van der Waals surface area contributed by atoms with Crippen molar-refractivity contribution in [1.82, 2.24) is 0 Å². The summed E-state index contributed by atoms with van der Waals surface area (Å²) in [5, 5.41) is 27.4. The first-order valence-corrected chi connectivity index (χ1v) is 21.7. The van der Waals surface area contributed by atoms with Crippen LogP contribution in [0.2, 0.25) is 0 Å². The van der Waals surface area contributed by atoms with Crippen LogP contribution in [-0.4, -0.2) is 0 Å². The lowest BCUT2D eigenvalue weighted by molar-refractivity contribution is 1.46. The van der Waals surface area contributed by atoms with Gasteiger partial charge in [-0.25, -0.2) is 0 Å². The van der Waals surface area contributed by atoms with Crippen LogP contribution < -0.4 is 0 Å². The normalized spacial score (nSPS) is 12.8. The van der Waals surface area contributed by atoms with E-state index in [9.17, 15) is 0 Å². The number of fused-ring (bicyclic) bond motifs is 14. The summed E-state index contributed by atoms with van der Waals surface area (Å²) in [4.78, 5) is 0. The summed E-state index contributed by atoms with van der Waals surface area (Å²) in [6.07, 6.45) is 0.